The van der Waals surface area contributed by atoms with Gasteiger partial charge in [-0.1, -0.05) is 5.16 Å². The van der Waals surface area contributed by atoms with E-state index in [1.165, 1.54) is 0 Å². The van der Waals surface area contributed by atoms with Crippen molar-refractivity contribution in [1.82, 2.24) is 15.0 Å². The van der Waals surface area contributed by atoms with Gasteiger partial charge in [0.15, 0.2) is 5.82 Å². The van der Waals surface area contributed by atoms with Gasteiger partial charge in [0.05, 0.1) is 18.7 Å². The van der Waals surface area contributed by atoms with Gasteiger partial charge in [-0.25, -0.2) is 0 Å². The molecule has 0 aromatic carbocycles. The van der Waals surface area contributed by atoms with Crippen molar-refractivity contribution in [3.05, 3.63) is 22.7 Å². The molecule has 17 heavy (non-hydrogen) atoms. The van der Waals surface area contributed by atoms with Gasteiger partial charge in [-0.2, -0.15) is 16.3 Å². The SMILES string of the molecule is CN(CC(=O)O)Cc1noc(-c2ccsc2)n1. The van der Waals surface area contributed by atoms with Gasteiger partial charge in [0.2, 0.25) is 0 Å². The highest BCUT2D eigenvalue weighted by Crippen LogP contribution is 2.19. The van der Waals surface area contributed by atoms with E-state index in [4.69, 9.17) is 9.63 Å². The first-order valence-electron chi connectivity index (χ1n) is 4.90. The molecule has 0 aliphatic rings. The highest BCUT2D eigenvalue weighted by molar-refractivity contribution is 7.08. The fraction of sp³-hybridized carbons (Fsp3) is 0.300. The Hall–Kier alpha value is -1.73. The van der Waals surface area contributed by atoms with Gasteiger partial charge in [-0.05, 0) is 18.5 Å². The summed E-state index contributed by atoms with van der Waals surface area (Å²) in [6.07, 6.45) is 0. The van der Waals surface area contributed by atoms with E-state index in [1.807, 2.05) is 16.8 Å². The minimum atomic E-state index is -0.881. The van der Waals surface area contributed by atoms with Crippen molar-refractivity contribution in [2.75, 3.05) is 13.6 Å². The van der Waals surface area contributed by atoms with Gasteiger partial charge in [0.25, 0.3) is 5.89 Å². The molecule has 1 N–H and O–H groups in total. The van der Waals surface area contributed by atoms with Crippen molar-refractivity contribution in [3.63, 3.8) is 0 Å². The van der Waals surface area contributed by atoms with E-state index in [1.54, 1.807) is 23.3 Å². The molecule has 0 aliphatic heterocycles. The Morgan fingerprint density at radius 2 is 2.47 bits per heavy atom. The minimum absolute atomic E-state index is 0.0532. The summed E-state index contributed by atoms with van der Waals surface area (Å²) < 4.78 is 5.09. The lowest BCUT2D eigenvalue weighted by Gasteiger charge is -2.09. The van der Waals surface area contributed by atoms with Gasteiger partial charge in [0, 0.05) is 5.38 Å². The van der Waals surface area contributed by atoms with Gasteiger partial charge in [0.1, 0.15) is 0 Å². The van der Waals surface area contributed by atoms with Crippen LogP contribution < -0.4 is 0 Å². The third kappa shape index (κ3) is 3.11. The van der Waals surface area contributed by atoms with Crippen LogP contribution in [0.3, 0.4) is 0 Å². The maximum absolute atomic E-state index is 10.5. The van der Waals surface area contributed by atoms with Crippen LogP contribution in [0, 0.1) is 0 Å². The van der Waals surface area contributed by atoms with Crippen LogP contribution in [0.15, 0.2) is 21.3 Å². The Morgan fingerprint density at radius 3 is 3.12 bits per heavy atom. The molecule has 0 amide bonds. The zero-order chi connectivity index (χ0) is 12.3. The standard InChI is InChI=1S/C10H11N3O3S/c1-13(5-9(14)15)4-8-11-10(16-12-8)7-2-3-17-6-7/h2-3,6H,4-5H2,1H3,(H,14,15). The van der Waals surface area contributed by atoms with E-state index in [2.05, 4.69) is 10.1 Å². The smallest absolute Gasteiger partial charge is 0.317 e. The molecule has 0 aliphatic carbocycles. The molecule has 0 saturated carbocycles. The molecule has 2 heterocycles. The van der Waals surface area contributed by atoms with E-state index >= 15 is 0 Å². The first kappa shape index (κ1) is 11.7. The van der Waals surface area contributed by atoms with Crippen LogP contribution in [0.1, 0.15) is 5.82 Å². The number of carboxylic acid groups (broad SMARTS) is 1. The highest BCUT2D eigenvalue weighted by atomic mass is 32.1. The van der Waals surface area contributed by atoms with Gasteiger partial charge >= 0.3 is 5.97 Å². The Labute approximate surface area is 101 Å². The average molecular weight is 253 g/mol. The molecule has 0 atom stereocenters. The first-order valence-corrected chi connectivity index (χ1v) is 5.85. The number of aromatic nitrogens is 2. The van der Waals surface area contributed by atoms with Gasteiger partial charge in [-0.3, -0.25) is 9.69 Å². The van der Waals surface area contributed by atoms with Crippen molar-refractivity contribution in [2.45, 2.75) is 6.54 Å². The largest absolute Gasteiger partial charge is 0.480 e. The maximum Gasteiger partial charge on any atom is 0.317 e. The molecular weight excluding hydrogens is 242 g/mol. The van der Waals surface area contributed by atoms with E-state index < -0.39 is 5.97 Å². The Kier molecular flexibility index (Phi) is 3.50. The van der Waals surface area contributed by atoms with E-state index in [0.717, 1.165) is 5.56 Å². The second-order valence-electron chi connectivity index (χ2n) is 3.59. The minimum Gasteiger partial charge on any atom is -0.480 e. The summed E-state index contributed by atoms with van der Waals surface area (Å²) in [5.74, 6) is 0.0639. The molecule has 0 unspecified atom stereocenters. The third-order valence-corrected chi connectivity index (χ3v) is 2.74. The van der Waals surface area contributed by atoms with Crippen molar-refractivity contribution in [1.29, 1.82) is 0 Å². The maximum atomic E-state index is 10.5. The normalized spacial score (nSPS) is 10.9. The zero-order valence-electron chi connectivity index (χ0n) is 9.16. The quantitative estimate of drug-likeness (QED) is 0.865. The van der Waals surface area contributed by atoms with Crippen molar-refractivity contribution >= 4 is 17.3 Å². The number of nitrogens with zero attached hydrogens (tertiary/aromatic N) is 3. The molecule has 2 rings (SSSR count). The molecular formula is C10H11N3O3S. The summed E-state index contributed by atoms with van der Waals surface area (Å²) in [6, 6.07) is 1.89. The zero-order valence-corrected chi connectivity index (χ0v) is 9.98. The van der Waals surface area contributed by atoms with Crippen molar-refractivity contribution < 1.29 is 14.4 Å². The number of carbonyl (C=O) groups is 1. The molecule has 6 nitrogen and oxygen atoms in total. The summed E-state index contributed by atoms with van der Waals surface area (Å²) in [5, 5.41) is 16.3. The lowest BCUT2D eigenvalue weighted by Crippen LogP contribution is -2.25. The van der Waals surface area contributed by atoms with Crippen LogP contribution >= 0.6 is 11.3 Å². The molecule has 0 saturated heterocycles. The van der Waals surface area contributed by atoms with Crippen LogP contribution in [0.4, 0.5) is 0 Å². The molecule has 0 bridgehead atoms. The Balaban J connectivity index is 2.01. The number of hydrogen-bond donors (Lipinski definition) is 1. The number of thiophene rings is 1. The lowest BCUT2D eigenvalue weighted by atomic mass is 10.3. The molecule has 2 aromatic heterocycles. The summed E-state index contributed by atoms with van der Waals surface area (Å²) in [5.41, 5.74) is 0.884. The van der Waals surface area contributed by atoms with E-state index in [0.29, 0.717) is 18.3 Å². The lowest BCUT2D eigenvalue weighted by molar-refractivity contribution is -0.138. The van der Waals surface area contributed by atoms with Crippen LogP contribution in [-0.2, 0) is 11.3 Å². The van der Waals surface area contributed by atoms with Gasteiger partial charge < -0.3 is 9.63 Å². The number of carboxylic acids is 1. The van der Waals surface area contributed by atoms with Crippen molar-refractivity contribution in [3.8, 4) is 11.5 Å². The number of likely N-dealkylation sites (N-methyl/N-ethyl adjacent to an activating group) is 1. The first-order chi connectivity index (χ1) is 8.15. The van der Waals surface area contributed by atoms with Crippen LogP contribution in [0.5, 0.6) is 0 Å². The topological polar surface area (TPSA) is 79.5 Å². The fourth-order valence-corrected chi connectivity index (χ4v) is 1.98. The molecule has 0 fully saturated rings. The number of rotatable bonds is 5. The monoisotopic (exact) mass is 253 g/mol. The summed E-state index contributed by atoms with van der Waals surface area (Å²) >= 11 is 1.55. The molecule has 7 heteroatoms. The van der Waals surface area contributed by atoms with E-state index in [-0.39, 0.29) is 6.54 Å². The van der Waals surface area contributed by atoms with Crippen molar-refractivity contribution in [2.24, 2.45) is 0 Å². The highest BCUT2D eigenvalue weighted by Gasteiger charge is 2.12. The average Bonchev–Trinajstić information content (AvgIpc) is 2.84. The number of hydrogen-bond acceptors (Lipinski definition) is 6. The molecule has 2 aromatic rings. The summed E-state index contributed by atoms with van der Waals surface area (Å²) in [6.45, 7) is 0.294. The Morgan fingerprint density at radius 1 is 1.65 bits per heavy atom. The second kappa shape index (κ2) is 5.07. The molecule has 0 spiro atoms. The summed E-state index contributed by atoms with van der Waals surface area (Å²) in [4.78, 5) is 16.3. The predicted octanol–water partition coefficient (Wildman–Crippen LogP) is 1.31. The van der Waals surface area contributed by atoms with E-state index in [9.17, 15) is 4.79 Å². The van der Waals surface area contributed by atoms with Crippen LogP contribution in [0.25, 0.3) is 11.5 Å². The second-order valence-corrected chi connectivity index (χ2v) is 4.37. The fourth-order valence-electron chi connectivity index (χ4n) is 1.35. The predicted molar refractivity (Wildman–Crippen MR) is 61.6 cm³/mol. The summed E-state index contributed by atoms with van der Waals surface area (Å²) in [7, 11) is 1.69. The third-order valence-electron chi connectivity index (χ3n) is 2.05. The van der Waals surface area contributed by atoms with Gasteiger partial charge in [-0.15, -0.1) is 0 Å². The Bertz CT molecular complexity index is 495. The number of aliphatic carboxylic acids is 1. The van der Waals surface area contributed by atoms with Crippen LogP contribution in [0.2, 0.25) is 0 Å². The molecule has 0 radical (unpaired) electrons. The van der Waals surface area contributed by atoms with Crippen LogP contribution in [-0.4, -0.2) is 39.7 Å². The molecule has 90 valence electrons.